The SMILES string of the molecule is OCc1ccccc1-c1c(O)cccc1OC/C=C/c1cccs1. The van der Waals surface area contributed by atoms with Gasteiger partial charge in [0.05, 0.1) is 12.2 Å². The van der Waals surface area contributed by atoms with Gasteiger partial charge >= 0.3 is 0 Å². The summed E-state index contributed by atoms with van der Waals surface area (Å²) in [4.78, 5) is 1.17. The maximum absolute atomic E-state index is 10.3. The lowest BCUT2D eigenvalue weighted by atomic mass is 9.98. The summed E-state index contributed by atoms with van der Waals surface area (Å²) in [6, 6.07) is 16.7. The minimum Gasteiger partial charge on any atom is -0.507 e. The molecule has 0 atom stereocenters. The van der Waals surface area contributed by atoms with Crippen LogP contribution in [0.3, 0.4) is 0 Å². The lowest BCUT2D eigenvalue weighted by Crippen LogP contribution is -1.97. The molecule has 2 aromatic carbocycles. The number of hydrogen-bond donors (Lipinski definition) is 2. The van der Waals surface area contributed by atoms with Gasteiger partial charge in [-0.3, -0.25) is 0 Å². The molecule has 0 amide bonds. The highest BCUT2D eigenvalue weighted by Crippen LogP contribution is 2.39. The summed E-state index contributed by atoms with van der Waals surface area (Å²) in [5.74, 6) is 0.724. The molecule has 0 radical (unpaired) electrons. The number of ether oxygens (including phenoxy) is 1. The van der Waals surface area contributed by atoms with Crippen molar-refractivity contribution >= 4 is 17.4 Å². The molecular formula is C20H18O3S. The minimum atomic E-state index is -0.0950. The Labute approximate surface area is 145 Å². The third kappa shape index (κ3) is 3.67. The maximum atomic E-state index is 10.3. The predicted octanol–water partition coefficient (Wildman–Crippen LogP) is 4.71. The molecule has 1 aromatic heterocycles. The fraction of sp³-hybridized carbons (Fsp3) is 0.100. The van der Waals surface area contributed by atoms with Gasteiger partial charge in [-0.25, -0.2) is 0 Å². The topological polar surface area (TPSA) is 49.7 Å². The molecule has 3 nitrogen and oxygen atoms in total. The monoisotopic (exact) mass is 338 g/mol. The Bertz CT molecular complexity index is 823. The van der Waals surface area contributed by atoms with Gasteiger partial charge < -0.3 is 14.9 Å². The number of aliphatic hydroxyl groups excluding tert-OH is 1. The van der Waals surface area contributed by atoms with Gasteiger partial charge in [-0.15, -0.1) is 11.3 Å². The Morgan fingerprint density at radius 2 is 1.88 bits per heavy atom. The van der Waals surface area contributed by atoms with Gasteiger partial charge in [-0.2, -0.15) is 0 Å². The van der Waals surface area contributed by atoms with Gasteiger partial charge in [-0.05, 0) is 46.9 Å². The van der Waals surface area contributed by atoms with Crippen LogP contribution in [0.1, 0.15) is 10.4 Å². The fourth-order valence-corrected chi connectivity index (χ4v) is 3.15. The molecule has 0 bridgehead atoms. The Balaban J connectivity index is 1.85. The smallest absolute Gasteiger partial charge is 0.131 e. The maximum Gasteiger partial charge on any atom is 0.131 e. The number of phenols is 1. The summed E-state index contributed by atoms with van der Waals surface area (Å²) < 4.78 is 5.85. The van der Waals surface area contributed by atoms with Crippen molar-refractivity contribution in [1.29, 1.82) is 0 Å². The Kier molecular flexibility index (Phi) is 5.31. The summed E-state index contributed by atoms with van der Waals surface area (Å²) in [5.41, 5.74) is 2.12. The number of benzene rings is 2. The second-order valence-electron chi connectivity index (χ2n) is 5.19. The summed E-state index contributed by atoms with van der Waals surface area (Å²) >= 11 is 1.67. The number of thiophene rings is 1. The zero-order valence-electron chi connectivity index (χ0n) is 13.1. The molecule has 0 saturated heterocycles. The minimum absolute atomic E-state index is 0.0950. The van der Waals surface area contributed by atoms with E-state index in [2.05, 4.69) is 0 Å². The van der Waals surface area contributed by atoms with Crippen molar-refractivity contribution in [3.8, 4) is 22.6 Å². The van der Waals surface area contributed by atoms with Gasteiger partial charge in [-0.1, -0.05) is 36.4 Å². The zero-order valence-corrected chi connectivity index (χ0v) is 13.9. The highest BCUT2D eigenvalue weighted by Gasteiger charge is 2.14. The quantitative estimate of drug-likeness (QED) is 0.684. The number of aromatic hydroxyl groups is 1. The molecule has 0 spiro atoms. The fourth-order valence-electron chi connectivity index (χ4n) is 2.50. The van der Waals surface area contributed by atoms with Crippen molar-refractivity contribution in [2.45, 2.75) is 6.61 Å². The molecule has 122 valence electrons. The average Bonchev–Trinajstić information content (AvgIpc) is 3.12. The average molecular weight is 338 g/mol. The molecule has 0 aliphatic heterocycles. The van der Waals surface area contributed by atoms with E-state index in [1.807, 2.05) is 60.0 Å². The molecule has 0 saturated carbocycles. The van der Waals surface area contributed by atoms with Gasteiger partial charge in [0.2, 0.25) is 0 Å². The third-order valence-corrected chi connectivity index (χ3v) is 4.46. The molecule has 3 rings (SSSR count). The normalized spacial score (nSPS) is 11.0. The van der Waals surface area contributed by atoms with Gasteiger partial charge in [0, 0.05) is 4.88 Å². The molecule has 0 unspecified atom stereocenters. The van der Waals surface area contributed by atoms with Crippen LogP contribution in [0.2, 0.25) is 0 Å². The molecule has 3 aromatic rings. The second-order valence-corrected chi connectivity index (χ2v) is 6.17. The second kappa shape index (κ2) is 7.81. The number of phenolic OH excluding ortho intramolecular Hbond substituents is 1. The van der Waals surface area contributed by atoms with E-state index in [-0.39, 0.29) is 12.4 Å². The van der Waals surface area contributed by atoms with Crippen LogP contribution in [0.25, 0.3) is 17.2 Å². The molecule has 0 aliphatic carbocycles. The summed E-state index contributed by atoms with van der Waals surface area (Å²) in [5, 5.41) is 21.9. The number of aliphatic hydroxyl groups is 1. The Hall–Kier alpha value is -2.56. The summed E-state index contributed by atoms with van der Waals surface area (Å²) in [7, 11) is 0. The molecule has 2 N–H and O–H groups in total. The molecule has 24 heavy (non-hydrogen) atoms. The molecular weight excluding hydrogens is 320 g/mol. The van der Waals surface area contributed by atoms with Crippen molar-refractivity contribution < 1.29 is 14.9 Å². The zero-order chi connectivity index (χ0) is 16.8. The van der Waals surface area contributed by atoms with E-state index in [0.717, 1.165) is 11.1 Å². The molecule has 4 heteroatoms. The van der Waals surface area contributed by atoms with Crippen molar-refractivity contribution in [1.82, 2.24) is 0 Å². The van der Waals surface area contributed by atoms with E-state index in [0.29, 0.717) is 17.9 Å². The van der Waals surface area contributed by atoms with E-state index in [4.69, 9.17) is 4.74 Å². The van der Waals surface area contributed by atoms with E-state index >= 15 is 0 Å². The van der Waals surface area contributed by atoms with E-state index in [1.165, 1.54) is 4.88 Å². The van der Waals surface area contributed by atoms with Crippen molar-refractivity contribution in [2.24, 2.45) is 0 Å². The number of rotatable bonds is 6. The Morgan fingerprint density at radius 1 is 1.00 bits per heavy atom. The van der Waals surface area contributed by atoms with E-state index in [1.54, 1.807) is 23.5 Å². The van der Waals surface area contributed by atoms with Crippen molar-refractivity contribution in [2.75, 3.05) is 6.61 Å². The first-order valence-electron chi connectivity index (χ1n) is 7.63. The first-order valence-corrected chi connectivity index (χ1v) is 8.51. The van der Waals surface area contributed by atoms with Crippen LogP contribution >= 0.6 is 11.3 Å². The highest BCUT2D eigenvalue weighted by molar-refractivity contribution is 7.10. The lowest BCUT2D eigenvalue weighted by molar-refractivity contribution is 0.282. The summed E-state index contributed by atoms with van der Waals surface area (Å²) in [6.45, 7) is 0.303. The summed E-state index contributed by atoms with van der Waals surface area (Å²) in [6.07, 6.45) is 3.95. The third-order valence-electron chi connectivity index (χ3n) is 3.62. The van der Waals surface area contributed by atoms with Crippen molar-refractivity contribution in [3.05, 3.63) is 76.5 Å². The van der Waals surface area contributed by atoms with Crippen LogP contribution in [0.5, 0.6) is 11.5 Å². The predicted molar refractivity (Wildman–Crippen MR) is 98.3 cm³/mol. The molecule has 0 aliphatic rings. The van der Waals surface area contributed by atoms with Crippen LogP contribution in [-0.2, 0) is 6.61 Å². The van der Waals surface area contributed by atoms with Crippen LogP contribution in [0.15, 0.2) is 66.1 Å². The lowest BCUT2D eigenvalue weighted by Gasteiger charge is -2.14. The first kappa shape index (κ1) is 16.3. The first-order chi connectivity index (χ1) is 11.8. The number of hydrogen-bond acceptors (Lipinski definition) is 4. The molecule has 0 fully saturated rings. The van der Waals surface area contributed by atoms with Crippen LogP contribution < -0.4 is 4.74 Å². The van der Waals surface area contributed by atoms with Crippen LogP contribution in [0, 0.1) is 0 Å². The van der Waals surface area contributed by atoms with Gasteiger partial charge in [0.1, 0.15) is 18.1 Å². The van der Waals surface area contributed by atoms with Gasteiger partial charge in [0.15, 0.2) is 0 Å². The van der Waals surface area contributed by atoms with Crippen molar-refractivity contribution in [3.63, 3.8) is 0 Å². The van der Waals surface area contributed by atoms with Crippen LogP contribution in [0.4, 0.5) is 0 Å². The Morgan fingerprint density at radius 3 is 2.67 bits per heavy atom. The van der Waals surface area contributed by atoms with E-state index < -0.39 is 0 Å². The molecule has 1 heterocycles. The van der Waals surface area contributed by atoms with E-state index in [9.17, 15) is 10.2 Å². The van der Waals surface area contributed by atoms with Gasteiger partial charge in [0.25, 0.3) is 0 Å². The van der Waals surface area contributed by atoms with Crippen LogP contribution in [-0.4, -0.2) is 16.8 Å². The largest absolute Gasteiger partial charge is 0.507 e. The highest BCUT2D eigenvalue weighted by atomic mass is 32.1. The standard InChI is InChI=1S/C20H18O3S/c21-14-15-6-1-2-9-17(15)20-18(22)10-3-11-19(20)23-12-4-7-16-8-5-13-24-16/h1-11,13,21-22H,12,14H2/b7-4+.